The van der Waals surface area contributed by atoms with Crippen molar-refractivity contribution < 1.29 is 37.5 Å². The maximum Gasteiger partial charge on any atom is 0.138 e. The van der Waals surface area contributed by atoms with Crippen molar-refractivity contribution in [2.24, 2.45) is 11.8 Å². The SMILES string of the molecule is O=C1[C@@H]2CC[C@H]1Cc1c[c-]ccc1C2.[Y]. The number of rotatable bonds is 0. The van der Waals surface area contributed by atoms with Crippen molar-refractivity contribution in [2.45, 2.75) is 25.7 Å². The minimum Gasteiger partial charge on any atom is -0.299 e. The van der Waals surface area contributed by atoms with E-state index in [-0.39, 0.29) is 32.7 Å². The molecular weight excluding hydrogens is 261 g/mol. The van der Waals surface area contributed by atoms with Crippen LogP contribution in [0.15, 0.2) is 18.2 Å². The second-order valence-electron chi connectivity index (χ2n) is 4.48. The van der Waals surface area contributed by atoms with Gasteiger partial charge in [0.1, 0.15) is 5.78 Å². The third-order valence-electron chi connectivity index (χ3n) is 3.65. The molecule has 1 radical (unpaired) electrons. The average molecular weight is 274 g/mol. The Morgan fingerprint density at radius 3 is 2.53 bits per heavy atom. The summed E-state index contributed by atoms with van der Waals surface area (Å²) in [6, 6.07) is 9.26. The Labute approximate surface area is 116 Å². The van der Waals surface area contributed by atoms with Crippen LogP contribution in [0.3, 0.4) is 0 Å². The van der Waals surface area contributed by atoms with Crippen LogP contribution in [0.5, 0.6) is 0 Å². The summed E-state index contributed by atoms with van der Waals surface area (Å²) in [6.07, 6.45) is 4.15. The van der Waals surface area contributed by atoms with Gasteiger partial charge in [0.2, 0.25) is 0 Å². The third-order valence-corrected chi connectivity index (χ3v) is 3.65. The summed E-state index contributed by atoms with van der Waals surface area (Å²) in [7, 11) is 0. The van der Waals surface area contributed by atoms with Crippen LogP contribution >= 0.6 is 0 Å². The Hall–Kier alpha value is -0.00610. The first-order chi connectivity index (χ1) is 6.84. The molecule has 75 valence electrons. The van der Waals surface area contributed by atoms with Gasteiger partial charge in [-0.05, 0) is 19.3 Å². The molecule has 1 fully saturated rings. The quantitative estimate of drug-likeness (QED) is 0.663. The number of Topliss-reactive ketones (excluding diaryl/α,β-unsaturated/α-hetero) is 1. The Bertz CT molecular complexity index is 351. The molecule has 3 rings (SSSR count). The second kappa shape index (κ2) is 4.47. The van der Waals surface area contributed by atoms with Crippen molar-refractivity contribution >= 4 is 5.78 Å². The van der Waals surface area contributed by atoms with Crippen LogP contribution in [0.4, 0.5) is 0 Å². The Balaban J connectivity index is 0.000000853. The number of benzene rings is 1. The first-order valence-electron chi connectivity index (χ1n) is 5.36. The molecule has 0 aromatic heterocycles. The fourth-order valence-electron chi connectivity index (χ4n) is 2.84. The molecule has 0 unspecified atom stereocenters. The van der Waals surface area contributed by atoms with Gasteiger partial charge in [0, 0.05) is 44.5 Å². The summed E-state index contributed by atoms with van der Waals surface area (Å²) in [6.45, 7) is 0. The number of hydrogen-bond acceptors (Lipinski definition) is 1. The number of carbonyl (C=O) groups excluding carboxylic acids is 1. The van der Waals surface area contributed by atoms with Gasteiger partial charge in [-0.3, -0.25) is 4.79 Å². The van der Waals surface area contributed by atoms with E-state index in [4.69, 9.17) is 0 Å². The molecular formula is C13H13OY-. The smallest absolute Gasteiger partial charge is 0.138 e. The molecule has 2 atom stereocenters. The largest absolute Gasteiger partial charge is 0.299 e. The summed E-state index contributed by atoms with van der Waals surface area (Å²) in [5, 5.41) is 0. The van der Waals surface area contributed by atoms with Gasteiger partial charge in [-0.1, -0.05) is 6.42 Å². The Morgan fingerprint density at radius 2 is 1.80 bits per heavy atom. The molecule has 15 heavy (non-hydrogen) atoms. The topological polar surface area (TPSA) is 17.1 Å². The van der Waals surface area contributed by atoms with E-state index in [0.29, 0.717) is 17.6 Å². The normalized spacial score (nSPS) is 27.9. The molecule has 2 aliphatic carbocycles. The van der Waals surface area contributed by atoms with E-state index < -0.39 is 0 Å². The number of carbonyl (C=O) groups is 1. The van der Waals surface area contributed by atoms with Gasteiger partial charge >= 0.3 is 0 Å². The maximum absolute atomic E-state index is 11.9. The van der Waals surface area contributed by atoms with Gasteiger partial charge in [0.05, 0.1) is 0 Å². The van der Waals surface area contributed by atoms with E-state index in [1.165, 1.54) is 11.1 Å². The molecule has 0 N–H and O–H groups in total. The van der Waals surface area contributed by atoms with E-state index in [0.717, 1.165) is 25.7 Å². The van der Waals surface area contributed by atoms with Crippen LogP contribution in [-0.2, 0) is 50.3 Å². The minimum atomic E-state index is 0. The minimum absolute atomic E-state index is 0. The van der Waals surface area contributed by atoms with Gasteiger partial charge in [0.25, 0.3) is 0 Å². The van der Waals surface area contributed by atoms with E-state index in [1.807, 2.05) is 6.07 Å². The van der Waals surface area contributed by atoms with Gasteiger partial charge < -0.3 is 0 Å². The van der Waals surface area contributed by atoms with Crippen molar-refractivity contribution in [2.75, 3.05) is 0 Å². The van der Waals surface area contributed by atoms with Crippen LogP contribution in [0.25, 0.3) is 0 Å². The fraction of sp³-hybridized carbons (Fsp3) is 0.462. The molecule has 0 spiro atoms. The van der Waals surface area contributed by atoms with Crippen molar-refractivity contribution in [3.8, 4) is 0 Å². The summed E-state index contributed by atoms with van der Waals surface area (Å²) < 4.78 is 0. The maximum atomic E-state index is 11.9. The van der Waals surface area contributed by atoms with Crippen LogP contribution in [0.1, 0.15) is 24.0 Å². The first kappa shape index (κ1) is 11.5. The van der Waals surface area contributed by atoms with Crippen molar-refractivity contribution in [3.63, 3.8) is 0 Å². The Kier molecular flexibility index (Phi) is 3.42. The molecule has 0 aliphatic heterocycles. The summed E-state index contributed by atoms with van der Waals surface area (Å²) in [4.78, 5) is 11.9. The van der Waals surface area contributed by atoms with Gasteiger partial charge in [-0.15, -0.1) is 0 Å². The van der Waals surface area contributed by atoms with E-state index in [1.54, 1.807) is 0 Å². The molecule has 0 saturated heterocycles. The average Bonchev–Trinajstić information content (AvgIpc) is 2.44. The molecule has 1 saturated carbocycles. The number of hydrogen-bond donors (Lipinski definition) is 0. The predicted octanol–water partition coefficient (Wildman–Crippen LogP) is 2.18. The predicted molar refractivity (Wildman–Crippen MR) is 53.9 cm³/mol. The molecule has 0 amide bonds. The van der Waals surface area contributed by atoms with Gasteiger partial charge in [0.15, 0.2) is 0 Å². The fourth-order valence-corrected chi connectivity index (χ4v) is 2.84. The van der Waals surface area contributed by atoms with Crippen LogP contribution in [-0.4, -0.2) is 5.78 Å². The summed E-state index contributed by atoms with van der Waals surface area (Å²) >= 11 is 0. The molecule has 1 aromatic rings. The molecule has 2 aliphatic rings. The number of ketones is 1. The standard InChI is InChI=1S/C13H13O.Y/c14-13-11-5-6-12(13)8-10-4-2-1-3-9(10)7-11;/h1,3-4,11-12H,5-8H2;/q-1;/t11-,12+;/m1./s1. The van der Waals surface area contributed by atoms with Gasteiger partial charge in [-0.2, -0.15) is 35.4 Å². The van der Waals surface area contributed by atoms with Crippen LogP contribution in [0, 0.1) is 17.9 Å². The van der Waals surface area contributed by atoms with Crippen LogP contribution < -0.4 is 0 Å². The van der Waals surface area contributed by atoms with Crippen molar-refractivity contribution in [1.29, 1.82) is 0 Å². The zero-order valence-corrected chi connectivity index (χ0v) is 11.5. The van der Waals surface area contributed by atoms with Gasteiger partial charge in [-0.25, -0.2) is 0 Å². The summed E-state index contributed by atoms with van der Waals surface area (Å²) in [5.74, 6) is 1.15. The zero-order chi connectivity index (χ0) is 9.54. The molecule has 0 heterocycles. The monoisotopic (exact) mass is 274 g/mol. The molecule has 2 heteroatoms. The third kappa shape index (κ3) is 1.97. The van der Waals surface area contributed by atoms with Crippen molar-refractivity contribution in [3.05, 3.63) is 35.4 Å². The van der Waals surface area contributed by atoms with E-state index >= 15 is 0 Å². The van der Waals surface area contributed by atoms with E-state index in [2.05, 4.69) is 18.2 Å². The molecule has 2 bridgehead atoms. The van der Waals surface area contributed by atoms with Crippen molar-refractivity contribution in [1.82, 2.24) is 0 Å². The number of fused-ring (bicyclic) bond motifs is 3. The second-order valence-corrected chi connectivity index (χ2v) is 4.48. The molecule has 1 nitrogen and oxygen atoms in total. The Morgan fingerprint density at radius 1 is 1.13 bits per heavy atom. The first-order valence-corrected chi connectivity index (χ1v) is 5.36. The molecule has 1 aromatic carbocycles. The summed E-state index contributed by atoms with van der Waals surface area (Å²) in [5.41, 5.74) is 2.73. The zero-order valence-electron chi connectivity index (χ0n) is 8.70. The van der Waals surface area contributed by atoms with E-state index in [9.17, 15) is 4.79 Å². The van der Waals surface area contributed by atoms with Crippen LogP contribution in [0.2, 0.25) is 0 Å².